The maximum atomic E-state index is 12.8. The average Bonchev–Trinajstić information content (AvgIpc) is 3.09. The van der Waals surface area contributed by atoms with E-state index < -0.39 is 0 Å². The third-order valence-electron chi connectivity index (χ3n) is 7.46. The van der Waals surface area contributed by atoms with Crippen molar-refractivity contribution in [2.75, 3.05) is 45.9 Å². The number of nitrogens with zero attached hydrogens (tertiary/aromatic N) is 3. The summed E-state index contributed by atoms with van der Waals surface area (Å²) in [5.41, 5.74) is 0.567. The van der Waals surface area contributed by atoms with Gasteiger partial charge in [-0.1, -0.05) is 12.8 Å². The molecule has 7 nitrogen and oxygen atoms in total. The van der Waals surface area contributed by atoms with Gasteiger partial charge < -0.3 is 15.0 Å². The van der Waals surface area contributed by atoms with Crippen molar-refractivity contribution < 1.29 is 14.3 Å². The van der Waals surface area contributed by atoms with E-state index in [2.05, 4.69) is 20.1 Å². The van der Waals surface area contributed by atoms with Crippen LogP contribution < -0.4 is 5.32 Å². The molecule has 4 rings (SSSR count). The van der Waals surface area contributed by atoms with Crippen molar-refractivity contribution >= 4 is 11.8 Å². The van der Waals surface area contributed by atoms with Crippen molar-refractivity contribution in [3.8, 4) is 0 Å². The molecule has 1 N–H and O–H groups in total. The molecule has 32 heavy (non-hydrogen) atoms. The summed E-state index contributed by atoms with van der Waals surface area (Å²) in [6.07, 6.45) is 13.2. The van der Waals surface area contributed by atoms with Crippen LogP contribution in [0.4, 0.5) is 0 Å². The molecule has 0 saturated carbocycles. The van der Waals surface area contributed by atoms with Crippen LogP contribution in [0.1, 0.15) is 68.1 Å². The molecule has 1 unspecified atom stereocenters. The summed E-state index contributed by atoms with van der Waals surface area (Å²) in [5, 5.41) is 3.04. The lowest BCUT2D eigenvalue weighted by atomic mass is 9.78. The standard InChI is InChI=1S/C25H38N4O3/c30-23(20-28-14-3-1-2-4-15-28)29-16-9-25(10-17-29)19-21(8-18-32-25)5-13-27-24(31)22-6-11-26-12-7-22/h6-7,11-12,21H,1-5,8-10,13-20H2,(H,27,31). The van der Waals surface area contributed by atoms with Crippen molar-refractivity contribution in [2.24, 2.45) is 5.92 Å². The number of pyridine rings is 1. The molecule has 2 amide bonds. The second kappa shape index (κ2) is 11.2. The van der Waals surface area contributed by atoms with Crippen LogP contribution in [0.25, 0.3) is 0 Å². The van der Waals surface area contributed by atoms with Crippen LogP contribution in [-0.2, 0) is 9.53 Å². The van der Waals surface area contributed by atoms with Gasteiger partial charge in [0.25, 0.3) is 5.91 Å². The minimum Gasteiger partial charge on any atom is -0.375 e. The first-order valence-corrected chi connectivity index (χ1v) is 12.5. The number of aromatic nitrogens is 1. The van der Waals surface area contributed by atoms with E-state index in [1.807, 2.05) is 0 Å². The third-order valence-corrected chi connectivity index (χ3v) is 7.46. The molecule has 3 fully saturated rings. The minimum absolute atomic E-state index is 0.0367. The van der Waals surface area contributed by atoms with E-state index in [1.54, 1.807) is 24.5 Å². The van der Waals surface area contributed by atoms with Crippen molar-refractivity contribution in [1.29, 1.82) is 0 Å². The maximum Gasteiger partial charge on any atom is 0.251 e. The molecule has 3 saturated heterocycles. The lowest BCUT2D eigenvalue weighted by Crippen LogP contribution is -2.52. The minimum atomic E-state index is -0.0859. The Morgan fingerprint density at radius 2 is 1.78 bits per heavy atom. The molecule has 7 heteroatoms. The van der Waals surface area contributed by atoms with Crippen LogP contribution in [0, 0.1) is 5.92 Å². The highest BCUT2D eigenvalue weighted by Crippen LogP contribution is 2.38. The fraction of sp³-hybridized carbons (Fsp3) is 0.720. The van der Waals surface area contributed by atoms with Crippen molar-refractivity contribution in [3.63, 3.8) is 0 Å². The first-order valence-electron chi connectivity index (χ1n) is 12.5. The Morgan fingerprint density at radius 3 is 2.50 bits per heavy atom. The number of nitrogens with one attached hydrogen (secondary N) is 1. The summed E-state index contributed by atoms with van der Waals surface area (Å²) in [6, 6.07) is 3.47. The molecule has 1 spiro atoms. The quantitative estimate of drug-likeness (QED) is 0.733. The highest BCUT2D eigenvalue weighted by atomic mass is 16.5. The molecule has 3 aliphatic heterocycles. The smallest absolute Gasteiger partial charge is 0.251 e. The molecule has 0 aliphatic carbocycles. The molecule has 176 valence electrons. The molecule has 0 bridgehead atoms. The molecular weight excluding hydrogens is 404 g/mol. The van der Waals surface area contributed by atoms with Gasteiger partial charge in [-0.25, -0.2) is 0 Å². The van der Waals surface area contributed by atoms with E-state index in [9.17, 15) is 9.59 Å². The van der Waals surface area contributed by atoms with Gasteiger partial charge in [0.1, 0.15) is 0 Å². The van der Waals surface area contributed by atoms with Gasteiger partial charge in [0.2, 0.25) is 5.91 Å². The number of hydrogen-bond acceptors (Lipinski definition) is 5. The Hall–Kier alpha value is -1.99. The number of hydrogen-bond donors (Lipinski definition) is 1. The van der Waals surface area contributed by atoms with E-state index in [4.69, 9.17) is 4.74 Å². The van der Waals surface area contributed by atoms with E-state index in [1.165, 1.54) is 25.7 Å². The molecule has 1 atom stereocenters. The zero-order valence-corrected chi connectivity index (χ0v) is 19.3. The molecule has 1 aromatic rings. The fourth-order valence-electron chi connectivity index (χ4n) is 5.47. The van der Waals surface area contributed by atoms with Crippen LogP contribution in [-0.4, -0.2) is 78.1 Å². The van der Waals surface area contributed by atoms with E-state index in [0.717, 1.165) is 64.9 Å². The number of carbonyl (C=O) groups excluding carboxylic acids is 2. The molecule has 3 aliphatic rings. The maximum absolute atomic E-state index is 12.8. The number of amides is 2. The lowest BCUT2D eigenvalue weighted by Gasteiger charge is -2.46. The van der Waals surface area contributed by atoms with Gasteiger partial charge in [0.05, 0.1) is 12.1 Å². The van der Waals surface area contributed by atoms with Crippen molar-refractivity contribution in [1.82, 2.24) is 20.1 Å². The van der Waals surface area contributed by atoms with Crippen LogP contribution in [0.3, 0.4) is 0 Å². The zero-order chi connectivity index (χ0) is 22.2. The number of piperidine rings is 1. The van der Waals surface area contributed by atoms with Gasteiger partial charge in [-0.3, -0.25) is 19.5 Å². The summed E-state index contributed by atoms with van der Waals surface area (Å²) in [4.78, 5) is 33.4. The molecule has 1 aromatic heterocycles. The van der Waals surface area contributed by atoms with Crippen LogP contribution in [0.15, 0.2) is 24.5 Å². The first-order chi connectivity index (χ1) is 15.6. The van der Waals surface area contributed by atoms with E-state index >= 15 is 0 Å². The second-order valence-electron chi connectivity index (χ2n) is 9.74. The average molecular weight is 443 g/mol. The summed E-state index contributed by atoms with van der Waals surface area (Å²) in [6.45, 7) is 5.77. The largest absolute Gasteiger partial charge is 0.375 e. The Balaban J connectivity index is 1.19. The number of likely N-dealkylation sites (tertiary alicyclic amines) is 2. The topological polar surface area (TPSA) is 74.8 Å². The SMILES string of the molecule is O=C(NCCC1CCOC2(CCN(C(=O)CN3CCCCCC3)CC2)C1)c1ccncc1. The molecular formula is C25H38N4O3. The van der Waals surface area contributed by atoms with Gasteiger partial charge in [-0.15, -0.1) is 0 Å². The Kier molecular flexibility index (Phi) is 8.14. The predicted octanol–water partition coefficient (Wildman–Crippen LogP) is 2.87. The Bertz CT molecular complexity index is 741. The van der Waals surface area contributed by atoms with Gasteiger partial charge in [-0.05, 0) is 76.1 Å². The van der Waals surface area contributed by atoms with E-state index in [-0.39, 0.29) is 17.4 Å². The third kappa shape index (κ3) is 6.29. The number of carbonyl (C=O) groups is 2. The first kappa shape index (κ1) is 23.2. The molecule has 0 aromatic carbocycles. The van der Waals surface area contributed by atoms with Gasteiger partial charge in [0.15, 0.2) is 0 Å². The van der Waals surface area contributed by atoms with Gasteiger partial charge >= 0.3 is 0 Å². The van der Waals surface area contributed by atoms with Crippen molar-refractivity contribution in [2.45, 2.75) is 63.4 Å². The summed E-state index contributed by atoms with van der Waals surface area (Å²) >= 11 is 0. The van der Waals surface area contributed by atoms with E-state index in [0.29, 0.717) is 24.6 Å². The van der Waals surface area contributed by atoms with Gasteiger partial charge in [-0.2, -0.15) is 0 Å². The van der Waals surface area contributed by atoms with Crippen LogP contribution >= 0.6 is 0 Å². The predicted molar refractivity (Wildman–Crippen MR) is 123 cm³/mol. The summed E-state index contributed by atoms with van der Waals surface area (Å²) < 4.78 is 6.29. The highest BCUT2D eigenvalue weighted by Gasteiger charge is 2.41. The zero-order valence-electron chi connectivity index (χ0n) is 19.3. The van der Waals surface area contributed by atoms with Crippen molar-refractivity contribution in [3.05, 3.63) is 30.1 Å². The molecule has 4 heterocycles. The summed E-state index contributed by atoms with van der Waals surface area (Å²) in [7, 11) is 0. The monoisotopic (exact) mass is 442 g/mol. The normalized spacial score (nSPS) is 24.1. The Labute approximate surface area is 191 Å². The van der Waals surface area contributed by atoms with Crippen LogP contribution in [0.5, 0.6) is 0 Å². The second-order valence-corrected chi connectivity index (χ2v) is 9.74. The fourth-order valence-corrected chi connectivity index (χ4v) is 5.47. The van der Waals surface area contributed by atoms with Crippen LogP contribution in [0.2, 0.25) is 0 Å². The van der Waals surface area contributed by atoms with Gasteiger partial charge in [0, 0.05) is 44.2 Å². The highest BCUT2D eigenvalue weighted by molar-refractivity contribution is 5.93. The summed E-state index contributed by atoms with van der Waals surface area (Å²) in [5.74, 6) is 0.805. The number of ether oxygens (including phenoxy) is 1. The lowest BCUT2D eigenvalue weighted by molar-refractivity contribution is -0.148. The number of rotatable bonds is 6. The Morgan fingerprint density at radius 1 is 1.06 bits per heavy atom. The molecule has 0 radical (unpaired) electrons.